The largest absolute Gasteiger partial charge is 0.401 e. The maximum absolute atomic E-state index is 6.95. The average molecular weight is 363 g/mol. The van der Waals surface area contributed by atoms with Crippen molar-refractivity contribution in [1.82, 2.24) is 0 Å². The Morgan fingerprint density at radius 2 is 1.69 bits per heavy atom. The molecule has 1 unspecified atom stereocenters. The van der Waals surface area contributed by atoms with E-state index in [0.29, 0.717) is 6.61 Å². The third-order valence-corrected chi connectivity index (χ3v) is 9.09. The van der Waals surface area contributed by atoms with Gasteiger partial charge in [-0.05, 0) is 34.0 Å². The van der Waals surface area contributed by atoms with Gasteiger partial charge in [0.25, 0.3) is 8.32 Å². The van der Waals surface area contributed by atoms with Crippen molar-refractivity contribution in [2.75, 3.05) is 13.7 Å². The predicted octanol–water partition coefficient (Wildman–Crippen LogP) is 3.78. The first-order valence-corrected chi connectivity index (χ1v) is 10.9. The molecule has 0 aliphatic carbocycles. The van der Waals surface area contributed by atoms with E-state index in [-0.39, 0.29) is 6.10 Å². The Morgan fingerprint density at radius 1 is 1.12 bits per heavy atom. The van der Waals surface area contributed by atoms with Gasteiger partial charge in [-0.25, -0.2) is 0 Å². The minimum atomic E-state index is -2.63. The van der Waals surface area contributed by atoms with Crippen LogP contribution in [0.2, 0.25) is 0 Å². The number of rotatable bonds is 7. The van der Waals surface area contributed by atoms with Gasteiger partial charge >= 0.3 is 0 Å². The maximum Gasteiger partial charge on any atom is 0.288 e. The molecule has 0 amide bonds. The molecule has 1 aliphatic heterocycles. The quantitative estimate of drug-likeness (QED) is 0.551. The van der Waals surface area contributed by atoms with Crippen molar-refractivity contribution in [3.05, 3.63) is 96.7 Å². The van der Waals surface area contributed by atoms with E-state index in [1.807, 2.05) is 18.2 Å². The molecule has 0 aromatic heterocycles. The molecule has 2 aromatic carbocycles. The van der Waals surface area contributed by atoms with Crippen LogP contribution >= 0.6 is 0 Å². The Balaban J connectivity index is 2.23. The summed E-state index contributed by atoms with van der Waals surface area (Å²) in [7, 11) is -0.919. The Hall–Kier alpha value is -2.20. The van der Waals surface area contributed by atoms with Gasteiger partial charge in [0.15, 0.2) is 0 Å². The smallest absolute Gasteiger partial charge is 0.288 e. The van der Waals surface area contributed by atoms with Gasteiger partial charge in [-0.3, -0.25) is 0 Å². The second-order valence-electron chi connectivity index (χ2n) is 6.57. The van der Waals surface area contributed by atoms with Gasteiger partial charge in [0.05, 0.1) is 12.7 Å². The number of hydrogen-bond acceptors (Lipinski definition) is 2. The van der Waals surface area contributed by atoms with Crippen molar-refractivity contribution in [1.29, 1.82) is 0 Å². The van der Waals surface area contributed by atoms with Gasteiger partial charge < -0.3 is 9.16 Å². The van der Waals surface area contributed by atoms with Crippen LogP contribution in [0.4, 0.5) is 0 Å². The van der Waals surface area contributed by atoms with E-state index in [1.54, 1.807) is 7.11 Å². The fraction of sp³-hybridized carbons (Fsp3) is 0.217. The van der Waals surface area contributed by atoms with E-state index in [1.165, 1.54) is 15.6 Å². The van der Waals surface area contributed by atoms with Crippen LogP contribution in [0.25, 0.3) is 0 Å². The van der Waals surface area contributed by atoms with Crippen LogP contribution in [0.1, 0.15) is 12.8 Å². The lowest BCUT2D eigenvalue weighted by Gasteiger charge is -2.41. The second-order valence-corrected chi connectivity index (χ2v) is 9.86. The Morgan fingerprint density at radius 3 is 2.19 bits per heavy atom. The minimum Gasteiger partial charge on any atom is -0.401 e. The summed E-state index contributed by atoms with van der Waals surface area (Å²) in [6, 6.07) is 21.2. The molecule has 3 heteroatoms. The summed E-state index contributed by atoms with van der Waals surface area (Å²) in [5.74, 6) is 0. The summed E-state index contributed by atoms with van der Waals surface area (Å²) < 4.78 is 12.4. The Bertz CT molecular complexity index is 741. The van der Waals surface area contributed by atoms with Gasteiger partial charge in [-0.2, -0.15) is 0 Å². The lowest BCUT2D eigenvalue weighted by molar-refractivity contribution is 0.198. The molecule has 1 heterocycles. The molecule has 0 spiro atoms. The number of hydrogen-bond donors (Lipinski definition) is 0. The van der Waals surface area contributed by atoms with E-state index in [0.717, 1.165) is 18.4 Å². The fourth-order valence-electron chi connectivity index (χ4n) is 3.69. The molecule has 26 heavy (non-hydrogen) atoms. The second kappa shape index (κ2) is 8.45. The highest BCUT2D eigenvalue weighted by Gasteiger charge is 2.47. The third kappa shape index (κ3) is 3.51. The lowest BCUT2D eigenvalue weighted by atomic mass is 10.1. The van der Waals surface area contributed by atoms with Gasteiger partial charge in [0.2, 0.25) is 0 Å². The molecule has 1 aliphatic rings. The summed E-state index contributed by atoms with van der Waals surface area (Å²) in [5.41, 5.74) is 1.00. The topological polar surface area (TPSA) is 18.5 Å². The van der Waals surface area contributed by atoms with Crippen LogP contribution in [0.15, 0.2) is 96.7 Å². The highest BCUT2D eigenvalue weighted by atomic mass is 28.4. The predicted molar refractivity (Wildman–Crippen MR) is 111 cm³/mol. The van der Waals surface area contributed by atoms with Gasteiger partial charge in [-0.15, -0.1) is 6.58 Å². The number of methoxy groups -OCH3 is 1. The van der Waals surface area contributed by atoms with E-state index in [2.05, 4.69) is 67.8 Å². The van der Waals surface area contributed by atoms with Crippen molar-refractivity contribution in [2.45, 2.75) is 18.9 Å². The van der Waals surface area contributed by atoms with E-state index in [4.69, 9.17) is 9.16 Å². The molecule has 0 saturated heterocycles. The molecule has 2 nitrogen and oxygen atoms in total. The molecular weight excluding hydrogens is 336 g/mol. The first-order chi connectivity index (χ1) is 12.7. The summed E-state index contributed by atoms with van der Waals surface area (Å²) >= 11 is 0. The highest BCUT2D eigenvalue weighted by Crippen LogP contribution is 2.31. The summed E-state index contributed by atoms with van der Waals surface area (Å²) in [6.07, 6.45) is 6.13. The van der Waals surface area contributed by atoms with Crippen molar-refractivity contribution < 1.29 is 9.16 Å². The molecule has 1 atom stereocenters. The zero-order valence-corrected chi connectivity index (χ0v) is 16.4. The Labute approximate surface area is 157 Å². The normalized spacial score (nSPS) is 18.8. The molecule has 2 aromatic rings. The standard InChI is InChI=1S/C23H26O2Si/c1-4-11-20-16-17-23(19(2)18-24-3)26(25-20,21-12-7-5-8-13-21)22-14-9-6-10-15-22/h4-10,12-15,17,20H,1-2,11,16,18H2,3H3. The van der Waals surface area contributed by atoms with E-state index in [9.17, 15) is 0 Å². The van der Waals surface area contributed by atoms with E-state index < -0.39 is 8.32 Å². The monoisotopic (exact) mass is 362 g/mol. The first-order valence-electron chi connectivity index (χ1n) is 9.00. The van der Waals surface area contributed by atoms with E-state index >= 15 is 0 Å². The summed E-state index contributed by atoms with van der Waals surface area (Å²) in [5, 5.41) is 3.70. The zero-order chi connectivity index (χ0) is 18.4. The van der Waals surface area contributed by atoms with Crippen molar-refractivity contribution in [3.8, 4) is 0 Å². The van der Waals surface area contributed by atoms with Crippen molar-refractivity contribution in [2.24, 2.45) is 0 Å². The highest BCUT2D eigenvalue weighted by molar-refractivity contribution is 7.03. The molecular formula is C23H26O2Si. The SMILES string of the molecule is C=CCC1CC=C(C(=C)COC)[Si](c2ccccc2)(c2ccccc2)O1. The van der Waals surface area contributed by atoms with Gasteiger partial charge in [0.1, 0.15) is 0 Å². The summed E-state index contributed by atoms with van der Waals surface area (Å²) in [4.78, 5) is 0. The van der Waals surface area contributed by atoms with Crippen LogP contribution < -0.4 is 10.4 Å². The molecule has 3 rings (SSSR count). The Kier molecular flexibility index (Phi) is 6.04. The maximum atomic E-state index is 6.95. The van der Waals surface area contributed by atoms with Gasteiger partial charge in [-0.1, -0.05) is 79.4 Å². The molecule has 0 bridgehead atoms. The zero-order valence-electron chi connectivity index (χ0n) is 15.4. The minimum absolute atomic E-state index is 0.138. The number of ether oxygens (including phenoxy) is 1. The molecule has 0 radical (unpaired) electrons. The van der Waals surface area contributed by atoms with Crippen LogP contribution in [0.5, 0.6) is 0 Å². The summed E-state index contributed by atoms with van der Waals surface area (Å²) in [6.45, 7) is 8.75. The molecule has 0 saturated carbocycles. The number of benzene rings is 2. The van der Waals surface area contributed by atoms with Gasteiger partial charge in [0, 0.05) is 7.11 Å². The van der Waals surface area contributed by atoms with Crippen LogP contribution in [-0.2, 0) is 9.16 Å². The first kappa shape index (κ1) is 18.6. The molecule has 0 N–H and O–H groups in total. The van der Waals surface area contributed by atoms with Crippen molar-refractivity contribution in [3.63, 3.8) is 0 Å². The lowest BCUT2D eigenvalue weighted by Crippen LogP contribution is -2.65. The van der Waals surface area contributed by atoms with Crippen LogP contribution in [0.3, 0.4) is 0 Å². The van der Waals surface area contributed by atoms with Crippen molar-refractivity contribution >= 4 is 18.7 Å². The fourth-order valence-corrected chi connectivity index (χ4v) is 8.04. The molecule has 0 fully saturated rings. The van der Waals surface area contributed by atoms with Crippen LogP contribution in [0, 0.1) is 0 Å². The average Bonchev–Trinajstić information content (AvgIpc) is 2.69. The van der Waals surface area contributed by atoms with Crippen LogP contribution in [-0.4, -0.2) is 28.1 Å². The third-order valence-electron chi connectivity index (χ3n) is 4.80. The molecule has 134 valence electrons.